The third kappa shape index (κ3) is 3.06. The van der Waals surface area contributed by atoms with Crippen molar-refractivity contribution in [3.63, 3.8) is 0 Å². The lowest BCUT2D eigenvalue weighted by molar-refractivity contribution is -0.135. The van der Waals surface area contributed by atoms with E-state index in [-0.39, 0.29) is 18.4 Å². The van der Waals surface area contributed by atoms with Gasteiger partial charge in [-0.1, -0.05) is 12.8 Å². The van der Waals surface area contributed by atoms with Crippen LogP contribution < -0.4 is 5.32 Å². The average Bonchev–Trinajstić information content (AvgIpc) is 2.95. The van der Waals surface area contributed by atoms with E-state index in [1.54, 1.807) is 4.90 Å². The van der Waals surface area contributed by atoms with Crippen molar-refractivity contribution in [3.05, 3.63) is 0 Å². The van der Waals surface area contributed by atoms with Crippen molar-refractivity contribution >= 4 is 11.8 Å². The van der Waals surface area contributed by atoms with E-state index in [1.165, 1.54) is 6.42 Å². The standard InChI is InChI=1S/C14H21N3O2/c15-11-14(6-2-3-7-14)13(19)16-10-12(18)17-8-4-1-5-9-17/h1-10H2,(H,16,19). The highest BCUT2D eigenvalue weighted by molar-refractivity contribution is 5.89. The normalized spacial score (nSPS) is 21.7. The van der Waals surface area contributed by atoms with Crippen molar-refractivity contribution in [1.82, 2.24) is 10.2 Å². The van der Waals surface area contributed by atoms with Crippen LogP contribution in [0.5, 0.6) is 0 Å². The van der Waals surface area contributed by atoms with E-state index < -0.39 is 5.41 Å². The summed E-state index contributed by atoms with van der Waals surface area (Å²) in [7, 11) is 0. The van der Waals surface area contributed by atoms with Gasteiger partial charge in [0.15, 0.2) is 0 Å². The van der Waals surface area contributed by atoms with E-state index in [0.29, 0.717) is 12.8 Å². The molecular weight excluding hydrogens is 242 g/mol. The van der Waals surface area contributed by atoms with Crippen molar-refractivity contribution in [1.29, 1.82) is 5.26 Å². The summed E-state index contributed by atoms with van der Waals surface area (Å²) in [5.41, 5.74) is -0.887. The molecule has 0 aromatic rings. The average molecular weight is 263 g/mol. The molecule has 1 aliphatic heterocycles. The Hall–Kier alpha value is -1.57. The van der Waals surface area contributed by atoms with E-state index >= 15 is 0 Å². The van der Waals surface area contributed by atoms with Gasteiger partial charge in [-0.25, -0.2) is 0 Å². The highest BCUT2D eigenvalue weighted by atomic mass is 16.2. The minimum absolute atomic E-state index is 0.0286. The van der Waals surface area contributed by atoms with Gasteiger partial charge < -0.3 is 10.2 Å². The van der Waals surface area contributed by atoms with Gasteiger partial charge in [0.05, 0.1) is 12.6 Å². The topological polar surface area (TPSA) is 73.2 Å². The van der Waals surface area contributed by atoms with E-state index in [9.17, 15) is 14.9 Å². The van der Waals surface area contributed by atoms with Gasteiger partial charge in [-0.3, -0.25) is 9.59 Å². The van der Waals surface area contributed by atoms with Crippen LogP contribution in [-0.2, 0) is 9.59 Å². The molecule has 1 heterocycles. The molecule has 0 unspecified atom stereocenters. The molecule has 0 spiro atoms. The van der Waals surface area contributed by atoms with Crippen molar-refractivity contribution < 1.29 is 9.59 Å². The summed E-state index contributed by atoms with van der Waals surface area (Å²) >= 11 is 0. The number of nitrogens with one attached hydrogen (secondary N) is 1. The summed E-state index contributed by atoms with van der Waals surface area (Å²) in [5, 5.41) is 11.9. The summed E-state index contributed by atoms with van der Waals surface area (Å²) < 4.78 is 0. The van der Waals surface area contributed by atoms with E-state index in [0.717, 1.165) is 38.8 Å². The number of hydrogen-bond acceptors (Lipinski definition) is 3. The van der Waals surface area contributed by atoms with E-state index in [1.807, 2.05) is 0 Å². The highest BCUT2D eigenvalue weighted by Gasteiger charge is 2.41. The number of piperidine rings is 1. The van der Waals surface area contributed by atoms with Crippen LogP contribution in [0.15, 0.2) is 0 Å². The Bertz CT molecular complexity index is 388. The van der Waals surface area contributed by atoms with Gasteiger partial charge in [0, 0.05) is 13.1 Å². The largest absolute Gasteiger partial charge is 0.346 e. The lowest BCUT2D eigenvalue weighted by Crippen LogP contribution is -2.46. The number of rotatable bonds is 3. The zero-order valence-corrected chi connectivity index (χ0v) is 11.3. The Labute approximate surface area is 113 Å². The molecule has 2 amide bonds. The lowest BCUT2D eigenvalue weighted by Gasteiger charge is -2.27. The Morgan fingerprint density at radius 1 is 1.11 bits per heavy atom. The molecule has 1 saturated heterocycles. The van der Waals surface area contributed by atoms with Gasteiger partial charge in [0.25, 0.3) is 0 Å². The third-order valence-corrected chi connectivity index (χ3v) is 4.21. The number of hydrogen-bond donors (Lipinski definition) is 1. The van der Waals surface area contributed by atoms with E-state index in [4.69, 9.17) is 0 Å². The first-order valence-corrected chi connectivity index (χ1v) is 7.15. The molecule has 1 aliphatic carbocycles. The van der Waals surface area contributed by atoms with Crippen LogP contribution in [0.2, 0.25) is 0 Å². The molecule has 1 N–H and O–H groups in total. The van der Waals surface area contributed by atoms with Gasteiger partial charge in [-0.15, -0.1) is 0 Å². The van der Waals surface area contributed by atoms with Gasteiger partial charge in [-0.2, -0.15) is 5.26 Å². The summed E-state index contributed by atoms with van der Waals surface area (Å²) in [6.07, 6.45) is 6.33. The van der Waals surface area contributed by atoms with Crippen LogP contribution in [0.1, 0.15) is 44.9 Å². The van der Waals surface area contributed by atoms with Crippen LogP contribution in [0, 0.1) is 16.7 Å². The number of amides is 2. The summed E-state index contributed by atoms with van der Waals surface area (Å²) in [6.45, 7) is 1.61. The first-order valence-electron chi connectivity index (χ1n) is 7.15. The monoisotopic (exact) mass is 263 g/mol. The number of carbonyl (C=O) groups excluding carboxylic acids is 2. The summed E-state index contributed by atoms with van der Waals surface area (Å²) in [4.78, 5) is 25.8. The molecule has 2 rings (SSSR count). The molecule has 0 aromatic heterocycles. The zero-order chi connectivity index (χ0) is 13.7. The first-order chi connectivity index (χ1) is 9.18. The molecule has 5 heteroatoms. The molecule has 19 heavy (non-hydrogen) atoms. The minimum Gasteiger partial charge on any atom is -0.346 e. The van der Waals surface area contributed by atoms with Crippen LogP contribution in [-0.4, -0.2) is 36.3 Å². The second kappa shape index (κ2) is 6.05. The maximum atomic E-state index is 12.1. The Morgan fingerprint density at radius 2 is 1.74 bits per heavy atom. The third-order valence-electron chi connectivity index (χ3n) is 4.21. The van der Waals surface area contributed by atoms with Gasteiger partial charge in [0.2, 0.25) is 11.8 Å². The minimum atomic E-state index is -0.887. The number of likely N-dealkylation sites (tertiary alicyclic amines) is 1. The molecule has 0 radical (unpaired) electrons. The van der Waals surface area contributed by atoms with Gasteiger partial charge in [-0.05, 0) is 32.1 Å². The molecule has 2 aliphatic rings. The zero-order valence-electron chi connectivity index (χ0n) is 11.3. The Balaban J connectivity index is 1.83. The van der Waals surface area contributed by atoms with Crippen LogP contribution in [0.25, 0.3) is 0 Å². The molecule has 0 bridgehead atoms. The van der Waals surface area contributed by atoms with Crippen LogP contribution in [0.4, 0.5) is 0 Å². The van der Waals surface area contributed by atoms with Crippen LogP contribution >= 0.6 is 0 Å². The molecular formula is C14H21N3O2. The highest BCUT2D eigenvalue weighted by Crippen LogP contribution is 2.37. The molecule has 0 atom stereocenters. The number of nitriles is 1. The molecule has 5 nitrogen and oxygen atoms in total. The maximum Gasteiger partial charge on any atom is 0.241 e. The molecule has 2 fully saturated rings. The molecule has 104 valence electrons. The Morgan fingerprint density at radius 3 is 2.32 bits per heavy atom. The first kappa shape index (κ1) is 13.9. The second-order valence-electron chi connectivity index (χ2n) is 5.53. The van der Waals surface area contributed by atoms with Crippen molar-refractivity contribution in [2.45, 2.75) is 44.9 Å². The molecule has 0 aromatic carbocycles. The van der Waals surface area contributed by atoms with E-state index in [2.05, 4.69) is 11.4 Å². The molecule has 1 saturated carbocycles. The van der Waals surface area contributed by atoms with Gasteiger partial charge >= 0.3 is 0 Å². The quantitative estimate of drug-likeness (QED) is 0.831. The summed E-state index contributed by atoms with van der Waals surface area (Å²) in [6, 6.07) is 2.14. The van der Waals surface area contributed by atoms with Crippen molar-refractivity contribution in [2.75, 3.05) is 19.6 Å². The maximum absolute atomic E-state index is 12.1. The van der Waals surface area contributed by atoms with Gasteiger partial charge in [0.1, 0.15) is 5.41 Å². The summed E-state index contributed by atoms with van der Waals surface area (Å²) in [5.74, 6) is -0.294. The second-order valence-corrected chi connectivity index (χ2v) is 5.53. The fourth-order valence-corrected chi connectivity index (χ4v) is 2.95. The Kier molecular flexibility index (Phi) is 4.41. The SMILES string of the molecule is N#CC1(C(=O)NCC(=O)N2CCCCC2)CCCC1. The van der Waals surface area contributed by atoms with Crippen LogP contribution in [0.3, 0.4) is 0 Å². The fraction of sp³-hybridized carbons (Fsp3) is 0.786. The number of nitrogens with zero attached hydrogens (tertiary/aromatic N) is 2. The fourth-order valence-electron chi connectivity index (χ4n) is 2.95. The predicted molar refractivity (Wildman–Crippen MR) is 70.0 cm³/mol. The van der Waals surface area contributed by atoms with Crippen molar-refractivity contribution in [3.8, 4) is 6.07 Å². The number of carbonyl (C=O) groups is 2. The lowest BCUT2D eigenvalue weighted by atomic mass is 9.87. The smallest absolute Gasteiger partial charge is 0.241 e. The van der Waals surface area contributed by atoms with Crippen molar-refractivity contribution in [2.24, 2.45) is 5.41 Å². The predicted octanol–water partition coefficient (Wildman–Crippen LogP) is 1.20.